The lowest BCUT2D eigenvalue weighted by Crippen LogP contribution is -2.48. The molecule has 1 fully saturated rings. The van der Waals surface area contributed by atoms with Gasteiger partial charge in [-0.3, -0.25) is 14.5 Å². The first kappa shape index (κ1) is 20.6. The van der Waals surface area contributed by atoms with Gasteiger partial charge < -0.3 is 14.3 Å². The number of thiophene rings is 1. The summed E-state index contributed by atoms with van der Waals surface area (Å²) < 4.78 is 5.80. The molecule has 1 aliphatic heterocycles. The molecule has 8 heteroatoms. The number of benzene rings is 1. The SMILES string of the molecule is Cc1ccc2oc(C(=O)N3CCN(Cc4nc5sc6c(c5c(=O)[nH]4)CCCC6)CC3)cc2c1. The Labute approximate surface area is 195 Å². The molecule has 0 unspecified atom stereocenters. The molecule has 6 rings (SSSR count). The van der Waals surface area contributed by atoms with Crippen LogP contribution in [0.3, 0.4) is 0 Å². The maximum Gasteiger partial charge on any atom is 0.289 e. The predicted molar refractivity (Wildman–Crippen MR) is 129 cm³/mol. The van der Waals surface area contributed by atoms with Crippen molar-refractivity contribution in [2.45, 2.75) is 39.2 Å². The topological polar surface area (TPSA) is 82.4 Å². The Hall–Kier alpha value is -2.97. The number of fused-ring (bicyclic) bond motifs is 4. The van der Waals surface area contributed by atoms with Crippen LogP contribution in [0.15, 0.2) is 33.5 Å². The fraction of sp³-hybridized carbons (Fsp3) is 0.400. The number of carbonyl (C=O) groups excluding carboxylic acids is 1. The lowest BCUT2D eigenvalue weighted by atomic mass is 9.97. The van der Waals surface area contributed by atoms with Crippen LogP contribution in [0.5, 0.6) is 0 Å². The highest BCUT2D eigenvalue weighted by Gasteiger charge is 2.26. The van der Waals surface area contributed by atoms with Crippen LogP contribution in [0.25, 0.3) is 21.2 Å². The number of piperazine rings is 1. The van der Waals surface area contributed by atoms with Crippen molar-refractivity contribution in [3.05, 3.63) is 62.2 Å². The van der Waals surface area contributed by atoms with Gasteiger partial charge in [-0.1, -0.05) is 11.6 Å². The molecule has 170 valence electrons. The molecule has 0 bridgehead atoms. The number of H-pyrrole nitrogens is 1. The fourth-order valence-corrected chi connectivity index (χ4v) is 6.31. The van der Waals surface area contributed by atoms with E-state index in [-0.39, 0.29) is 11.5 Å². The molecule has 3 aromatic heterocycles. The molecule has 1 aromatic carbocycles. The van der Waals surface area contributed by atoms with Crippen molar-refractivity contribution in [3.8, 4) is 0 Å². The molecule has 0 spiro atoms. The van der Waals surface area contributed by atoms with E-state index in [4.69, 9.17) is 9.40 Å². The summed E-state index contributed by atoms with van der Waals surface area (Å²) in [6.07, 6.45) is 4.39. The monoisotopic (exact) mass is 462 g/mol. The maximum absolute atomic E-state index is 13.0. The second-order valence-electron chi connectivity index (χ2n) is 9.12. The summed E-state index contributed by atoms with van der Waals surface area (Å²) in [6, 6.07) is 7.76. The minimum atomic E-state index is -0.0689. The quantitative estimate of drug-likeness (QED) is 0.500. The number of rotatable bonds is 3. The number of aromatic amines is 1. The van der Waals surface area contributed by atoms with Gasteiger partial charge in [0.25, 0.3) is 11.5 Å². The van der Waals surface area contributed by atoms with Crippen molar-refractivity contribution in [1.29, 1.82) is 0 Å². The molecule has 1 aliphatic carbocycles. The highest BCUT2D eigenvalue weighted by atomic mass is 32.1. The van der Waals surface area contributed by atoms with Gasteiger partial charge in [-0.15, -0.1) is 11.3 Å². The normalized spacial score (nSPS) is 17.1. The van der Waals surface area contributed by atoms with Crippen molar-refractivity contribution in [1.82, 2.24) is 19.8 Å². The van der Waals surface area contributed by atoms with Crippen molar-refractivity contribution >= 4 is 38.4 Å². The van der Waals surface area contributed by atoms with Crippen LogP contribution in [0.4, 0.5) is 0 Å². The second kappa shape index (κ2) is 8.11. The lowest BCUT2D eigenvalue weighted by molar-refractivity contribution is 0.0597. The van der Waals surface area contributed by atoms with Gasteiger partial charge in [0, 0.05) is 36.4 Å². The Kier molecular flexibility index (Phi) is 5.07. The average Bonchev–Trinajstić information content (AvgIpc) is 3.40. The van der Waals surface area contributed by atoms with Crippen LogP contribution in [0, 0.1) is 6.92 Å². The van der Waals surface area contributed by atoms with Crippen molar-refractivity contribution in [2.24, 2.45) is 0 Å². The number of carbonyl (C=O) groups is 1. The summed E-state index contributed by atoms with van der Waals surface area (Å²) >= 11 is 1.68. The van der Waals surface area contributed by atoms with Crippen LogP contribution >= 0.6 is 11.3 Å². The third-order valence-corrected chi connectivity index (χ3v) is 7.98. The van der Waals surface area contributed by atoms with Gasteiger partial charge in [0.2, 0.25) is 0 Å². The Morgan fingerprint density at radius 2 is 1.97 bits per heavy atom. The van der Waals surface area contributed by atoms with Crippen LogP contribution < -0.4 is 5.56 Å². The fourth-order valence-electron chi connectivity index (χ4n) is 5.03. The summed E-state index contributed by atoms with van der Waals surface area (Å²) in [5.74, 6) is 1.03. The molecule has 1 N–H and O–H groups in total. The highest BCUT2D eigenvalue weighted by molar-refractivity contribution is 7.18. The van der Waals surface area contributed by atoms with E-state index < -0.39 is 0 Å². The predicted octanol–water partition coefficient (Wildman–Crippen LogP) is 3.88. The average molecular weight is 463 g/mol. The third-order valence-electron chi connectivity index (χ3n) is 6.79. The number of hydrogen-bond donors (Lipinski definition) is 1. The van der Waals surface area contributed by atoms with E-state index in [0.717, 1.165) is 59.1 Å². The van der Waals surface area contributed by atoms with Gasteiger partial charge >= 0.3 is 0 Å². The van der Waals surface area contributed by atoms with Gasteiger partial charge in [-0.05, 0) is 56.4 Å². The Bertz CT molecular complexity index is 1420. The zero-order valence-corrected chi connectivity index (χ0v) is 19.5. The lowest BCUT2D eigenvalue weighted by Gasteiger charge is -2.33. The van der Waals surface area contributed by atoms with E-state index in [9.17, 15) is 9.59 Å². The molecule has 4 heterocycles. The summed E-state index contributed by atoms with van der Waals surface area (Å²) in [5, 5.41) is 1.76. The van der Waals surface area contributed by atoms with Crippen LogP contribution in [-0.4, -0.2) is 51.9 Å². The zero-order chi connectivity index (χ0) is 22.5. The standard InChI is InChI=1S/C25H26N4O3S/c1-15-6-7-18-16(12-15)13-19(32-18)25(31)29-10-8-28(9-11-29)14-21-26-23(30)22-17-4-2-3-5-20(17)33-24(22)27-21/h6-7,12-13H,2-5,8-11,14H2,1H3,(H,26,27,30). The smallest absolute Gasteiger partial charge is 0.289 e. The van der Waals surface area contributed by atoms with Crippen LogP contribution in [-0.2, 0) is 19.4 Å². The number of amides is 1. The molecule has 7 nitrogen and oxygen atoms in total. The summed E-state index contributed by atoms with van der Waals surface area (Å²) in [4.78, 5) is 39.9. The molecular formula is C25H26N4O3S. The van der Waals surface area contributed by atoms with Gasteiger partial charge in [0.15, 0.2) is 5.76 Å². The van der Waals surface area contributed by atoms with E-state index in [1.807, 2.05) is 36.1 Å². The Morgan fingerprint density at radius 3 is 2.82 bits per heavy atom. The molecule has 0 radical (unpaired) electrons. The summed E-state index contributed by atoms with van der Waals surface area (Å²) in [5.41, 5.74) is 3.09. The van der Waals surface area contributed by atoms with Crippen molar-refractivity contribution in [3.63, 3.8) is 0 Å². The van der Waals surface area contributed by atoms with Crippen LogP contribution in [0.2, 0.25) is 0 Å². The van der Waals surface area contributed by atoms with E-state index >= 15 is 0 Å². The molecule has 1 amide bonds. The number of hydrogen-bond acceptors (Lipinski definition) is 6. The van der Waals surface area contributed by atoms with Gasteiger partial charge in [-0.2, -0.15) is 0 Å². The summed E-state index contributed by atoms with van der Waals surface area (Å²) in [7, 11) is 0. The van der Waals surface area contributed by atoms with Gasteiger partial charge in [0.05, 0.1) is 11.9 Å². The van der Waals surface area contributed by atoms with E-state index in [1.54, 1.807) is 11.3 Å². The molecule has 0 saturated carbocycles. The molecule has 33 heavy (non-hydrogen) atoms. The van der Waals surface area contributed by atoms with Gasteiger partial charge in [0.1, 0.15) is 16.2 Å². The van der Waals surface area contributed by atoms with Crippen molar-refractivity contribution < 1.29 is 9.21 Å². The summed E-state index contributed by atoms with van der Waals surface area (Å²) in [6.45, 7) is 5.31. The van der Waals surface area contributed by atoms with Crippen LogP contribution in [0.1, 0.15) is 45.2 Å². The van der Waals surface area contributed by atoms with E-state index in [0.29, 0.717) is 31.2 Å². The molecule has 0 atom stereocenters. The molecule has 1 saturated heterocycles. The first-order valence-electron chi connectivity index (χ1n) is 11.6. The minimum absolute atomic E-state index is 0.0108. The second-order valence-corrected chi connectivity index (χ2v) is 10.2. The first-order valence-corrected chi connectivity index (χ1v) is 12.4. The van der Waals surface area contributed by atoms with Crippen molar-refractivity contribution in [2.75, 3.05) is 26.2 Å². The maximum atomic E-state index is 13.0. The number of aromatic nitrogens is 2. The number of aryl methyl sites for hydroxylation is 3. The largest absolute Gasteiger partial charge is 0.451 e. The first-order chi connectivity index (χ1) is 16.0. The van der Waals surface area contributed by atoms with E-state index in [1.165, 1.54) is 16.9 Å². The number of nitrogens with one attached hydrogen (secondary N) is 1. The number of nitrogens with zero attached hydrogens (tertiary/aromatic N) is 3. The zero-order valence-electron chi connectivity index (χ0n) is 18.6. The molecule has 2 aliphatic rings. The van der Waals surface area contributed by atoms with Gasteiger partial charge in [-0.25, -0.2) is 4.98 Å². The molecular weight excluding hydrogens is 436 g/mol. The number of furan rings is 1. The Balaban J connectivity index is 1.14. The van der Waals surface area contributed by atoms with E-state index in [2.05, 4.69) is 9.88 Å². The third kappa shape index (κ3) is 3.77. The molecule has 4 aromatic rings. The Morgan fingerprint density at radius 1 is 1.15 bits per heavy atom. The minimum Gasteiger partial charge on any atom is -0.451 e. The highest BCUT2D eigenvalue weighted by Crippen LogP contribution is 2.33.